The Morgan fingerprint density at radius 2 is 2.00 bits per heavy atom. The van der Waals surface area contributed by atoms with E-state index in [1.807, 2.05) is 12.1 Å². The monoisotopic (exact) mass is 272 g/mol. The van der Waals surface area contributed by atoms with Crippen LogP contribution < -0.4 is 5.73 Å². The number of amides is 1. The number of carbonyl (C=O) groups excluding carboxylic acids is 1. The number of benzene rings is 1. The summed E-state index contributed by atoms with van der Waals surface area (Å²) in [5.74, 6) is -0.349. The molecule has 0 spiro atoms. The molecule has 0 radical (unpaired) electrons. The maximum absolute atomic E-state index is 11.5. The molecule has 0 unspecified atom stereocenters. The van der Waals surface area contributed by atoms with E-state index in [1.165, 1.54) is 31.2 Å². The normalized spacial score (nSPS) is 13.7. The van der Waals surface area contributed by atoms with E-state index >= 15 is 0 Å². The fourth-order valence-electron chi connectivity index (χ4n) is 2.98. The van der Waals surface area contributed by atoms with Crippen LogP contribution in [0.2, 0.25) is 0 Å². The van der Waals surface area contributed by atoms with Crippen molar-refractivity contribution in [2.75, 3.05) is 0 Å². The molecule has 0 saturated carbocycles. The van der Waals surface area contributed by atoms with E-state index in [0.717, 1.165) is 12.1 Å². The number of nitrogens with two attached hydrogens (primary N) is 1. The quantitative estimate of drug-likeness (QED) is 0.861. The van der Waals surface area contributed by atoms with Crippen LogP contribution >= 0.6 is 0 Å². The summed E-state index contributed by atoms with van der Waals surface area (Å²) in [4.78, 5) is 13.9. The van der Waals surface area contributed by atoms with Crippen LogP contribution in [0.3, 0.4) is 0 Å². The molecule has 1 aromatic rings. The first kappa shape index (κ1) is 14.6. The first-order chi connectivity index (χ1) is 9.67. The van der Waals surface area contributed by atoms with E-state index in [4.69, 9.17) is 5.73 Å². The Morgan fingerprint density at radius 3 is 2.60 bits per heavy atom. The average Bonchev–Trinajstić information content (AvgIpc) is 2.45. The zero-order chi connectivity index (χ0) is 14.5. The molecule has 3 nitrogen and oxygen atoms in total. The van der Waals surface area contributed by atoms with Crippen molar-refractivity contribution in [2.24, 2.45) is 5.73 Å². The summed E-state index contributed by atoms with van der Waals surface area (Å²) in [5, 5.41) is 0. The van der Waals surface area contributed by atoms with Gasteiger partial charge in [0.15, 0.2) is 0 Å². The van der Waals surface area contributed by atoms with Crippen molar-refractivity contribution in [3.05, 3.63) is 41.1 Å². The van der Waals surface area contributed by atoms with E-state index < -0.39 is 0 Å². The lowest BCUT2D eigenvalue weighted by Crippen LogP contribution is -2.32. The summed E-state index contributed by atoms with van der Waals surface area (Å²) < 4.78 is 0. The van der Waals surface area contributed by atoms with Crippen molar-refractivity contribution in [2.45, 2.75) is 52.1 Å². The number of nitrogens with zero attached hydrogens (tertiary/aromatic N) is 1. The van der Waals surface area contributed by atoms with E-state index in [2.05, 4.69) is 31.0 Å². The van der Waals surface area contributed by atoms with Crippen LogP contribution in [0.1, 0.15) is 61.0 Å². The second-order valence-corrected chi connectivity index (χ2v) is 5.46. The van der Waals surface area contributed by atoms with Gasteiger partial charge in [-0.05, 0) is 36.1 Å². The zero-order valence-corrected chi connectivity index (χ0v) is 12.4. The molecule has 2 N–H and O–H groups in total. The van der Waals surface area contributed by atoms with Gasteiger partial charge >= 0.3 is 0 Å². The van der Waals surface area contributed by atoms with Crippen molar-refractivity contribution >= 4 is 12.0 Å². The van der Waals surface area contributed by atoms with Gasteiger partial charge in [0, 0.05) is 24.4 Å². The Morgan fingerprint density at radius 1 is 1.30 bits per heavy atom. The second kappa shape index (κ2) is 6.60. The van der Waals surface area contributed by atoms with Gasteiger partial charge in [0.2, 0.25) is 5.91 Å². The topological polar surface area (TPSA) is 46.3 Å². The average molecular weight is 272 g/mol. The lowest BCUT2D eigenvalue weighted by atomic mass is 9.95. The predicted molar refractivity (Wildman–Crippen MR) is 83.1 cm³/mol. The highest BCUT2D eigenvalue weighted by atomic mass is 16.1. The number of hydrogen-bond acceptors (Lipinski definition) is 2. The standard InChI is InChI=1S/C17H24N2O/c1-3-6-14(7-4-2)19-11-10-15-13(12-19)8-5-9-16(15)17(18)20/h5,8-11,14H,3-4,6-7,12H2,1-2H3,(H2,18,20). The van der Waals surface area contributed by atoms with Gasteiger partial charge in [0.25, 0.3) is 0 Å². The van der Waals surface area contributed by atoms with Crippen molar-refractivity contribution in [1.29, 1.82) is 0 Å². The van der Waals surface area contributed by atoms with Crippen LogP contribution in [0.25, 0.3) is 6.08 Å². The van der Waals surface area contributed by atoms with Gasteiger partial charge in [0.05, 0.1) is 0 Å². The lowest BCUT2D eigenvalue weighted by Gasteiger charge is -2.34. The van der Waals surface area contributed by atoms with E-state index in [9.17, 15) is 4.79 Å². The molecule has 0 saturated heterocycles. The van der Waals surface area contributed by atoms with Crippen LogP contribution in [0.4, 0.5) is 0 Å². The maximum Gasteiger partial charge on any atom is 0.249 e. The molecule has 108 valence electrons. The van der Waals surface area contributed by atoms with Crippen molar-refractivity contribution in [1.82, 2.24) is 4.90 Å². The van der Waals surface area contributed by atoms with Crippen LogP contribution in [0.5, 0.6) is 0 Å². The van der Waals surface area contributed by atoms with E-state index in [1.54, 1.807) is 6.07 Å². The molecule has 1 aromatic carbocycles. The van der Waals surface area contributed by atoms with Gasteiger partial charge in [0.1, 0.15) is 0 Å². The van der Waals surface area contributed by atoms with Gasteiger partial charge < -0.3 is 10.6 Å². The molecule has 1 heterocycles. The van der Waals surface area contributed by atoms with Gasteiger partial charge in [-0.1, -0.05) is 38.8 Å². The molecule has 0 bridgehead atoms. The molecule has 0 aliphatic carbocycles. The van der Waals surface area contributed by atoms with Crippen molar-refractivity contribution in [3.63, 3.8) is 0 Å². The smallest absolute Gasteiger partial charge is 0.249 e. The summed E-state index contributed by atoms with van der Waals surface area (Å²) in [7, 11) is 0. The first-order valence-corrected chi connectivity index (χ1v) is 7.53. The number of rotatable bonds is 6. The van der Waals surface area contributed by atoms with Crippen LogP contribution in [-0.2, 0) is 6.54 Å². The van der Waals surface area contributed by atoms with Crippen LogP contribution in [0, 0.1) is 0 Å². The number of primary amides is 1. The molecule has 0 atom stereocenters. The minimum atomic E-state index is -0.349. The molecule has 0 aromatic heterocycles. The molecule has 20 heavy (non-hydrogen) atoms. The molecular weight excluding hydrogens is 248 g/mol. The molecular formula is C17H24N2O. The van der Waals surface area contributed by atoms with E-state index in [0.29, 0.717) is 11.6 Å². The minimum absolute atomic E-state index is 0.349. The van der Waals surface area contributed by atoms with Gasteiger partial charge in [-0.25, -0.2) is 0 Å². The fourth-order valence-corrected chi connectivity index (χ4v) is 2.98. The largest absolute Gasteiger partial charge is 0.370 e. The number of carbonyl (C=O) groups is 1. The third-order valence-corrected chi connectivity index (χ3v) is 3.96. The molecule has 2 rings (SSSR count). The highest BCUT2D eigenvalue weighted by Crippen LogP contribution is 2.26. The summed E-state index contributed by atoms with van der Waals surface area (Å²) in [6.45, 7) is 5.34. The van der Waals surface area contributed by atoms with Crippen molar-refractivity contribution in [3.8, 4) is 0 Å². The van der Waals surface area contributed by atoms with Gasteiger partial charge in [-0.2, -0.15) is 0 Å². The summed E-state index contributed by atoms with van der Waals surface area (Å²) in [6, 6.07) is 6.40. The Bertz CT molecular complexity index is 502. The summed E-state index contributed by atoms with van der Waals surface area (Å²) in [5.41, 5.74) is 8.25. The minimum Gasteiger partial charge on any atom is -0.370 e. The Hall–Kier alpha value is -1.77. The number of hydrogen-bond donors (Lipinski definition) is 1. The van der Waals surface area contributed by atoms with Gasteiger partial charge in [-0.15, -0.1) is 0 Å². The number of fused-ring (bicyclic) bond motifs is 1. The Balaban J connectivity index is 2.24. The third kappa shape index (κ3) is 3.03. The molecule has 1 aliphatic rings. The highest BCUT2D eigenvalue weighted by molar-refractivity contribution is 5.97. The molecule has 1 aliphatic heterocycles. The molecule has 3 heteroatoms. The SMILES string of the molecule is CCCC(CCC)N1C=Cc2c(cccc2C(N)=O)C1. The Kier molecular flexibility index (Phi) is 4.83. The maximum atomic E-state index is 11.5. The van der Waals surface area contributed by atoms with Crippen LogP contribution in [0.15, 0.2) is 24.4 Å². The van der Waals surface area contributed by atoms with Gasteiger partial charge in [-0.3, -0.25) is 4.79 Å². The predicted octanol–water partition coefficient (Wildman–Crippen LogP) is 3.54. The third-order valence-electron chi connectivity index (χ3n) is 3.96. The Labute approximate surface area is 121 Å². The summed E-state index contributed by atoms with van der Waals surface area (Å²) >= 11 is 0. The zero-order valence-electron chi connectivity index (χ0n) is 12.4. The van der Waals surface area contributed by atoms with Crippen LogP contribution in [-0.4, -0.2) is 16.8 Å². The lowest BCUT2D eigenvalue weighted by molar-refractivity contribution is 0.1000. The van der Waals surface area contributed by atoms with Crippen molar-refractivity contribution < 1.29 is 4.79 Å². The second-order valence-electron chi connectivity index (χ2n) is 5.46. The highest BCUT2D eigenvalue weighted by Gasteiger charge is 2.20. The molecule has 0 fully saturated rings. The molecule has 1 amide bonds. The fraction of sp³-hybridized carbons (Fsp3) is 0.471. The van der Waals surface area contributed by atoms with E-state index in [-0.39, 0.29) is 5.91 Å². The first-order valence-electron chi connectivity index (χ1n) is 7.53. The summed E-state index contributed by atoms with van der Waals surface area (Å²) in [6.07, 6.45) is 8.99.